The van der Waals surface area contributed by atoms with Gasteiger partial charge in [-0.25, -0.2) is 0 Å². The predicted molar refractivity (Wildman–Crippen MR) is 108 cm³/mol. The first kappa shape index (κ1) is 21.3. The van der Waals surface area contributed by atoms with Crippen LogP contribution in [0.2, 0.25) is 0 Å². The van der Waals surface area contributed by atoms with E-state index in [4.69, 9.17) is 9.47 Å². The van der Waals surface area contributed by atoms with Crippen LogP contribution in [0.3, 0.4) is 0 Å². The van der Waals surface area contributed by atoms with Crippen molar-refractivity contribution in [1.82, 2.24) is 10.2 Å². The molecule has 0 radical (unpaired) electrons. The average Bonchev–Trinajstić information content (AvgIpc) is 2.73. The molecule has 2 amide bonds. The van der Waals surface area contributed by atoms with Crippen LogP contribution < -0.4 is 14.8 Å². The molecule has 150 valence electrons. The van der Waals surface area contributed by atoms with Gasteiger partial charge in [-0.3, -0.25) is 9.59 Å². The number of ether oxygens (including phenoxy) is 2. The first-order valence-corrected chi connectivity index (χ1v) is 9.47. The van der Waals surface area contributed by atoms with Crippen molar-refractivity contribution in [2.24, 2.45) is 0 Å². The van der Waals surface area contributed by atoms with Crippen LogP contribution in [0.1, 0.15) is 25.8 Å². The molecule has 28 heavy (non-hydrogen) atoms. The summed E-state index contributed by atoms with van der Waals surface area (Å²) in [6.45, 7) is 4.43. The minimum absolute atomic E-state index is 0.161. The molecule has 0 aromatic heterocycles. The smallest absolute Gasteiger partial charge is 0.261 e. The summed E-state index contributed by atoms with van der Waals surface area (Å²) in [5.74, 6) is 0.629. The second-order valence-corrected chi connectivity index (χ2v) is 6.27. The van der Waals surface area contributed by atoms with Crippen molar-refractivity contribution in [3.8, 4) is 11.5 Å². The minimum atomic E-state index is -0.561. The zero-order valence-corrected chi connectivity index (χ0v) is 16.7. The lowest BCUT2D eigenvalue weighted by Crippen LogP contribution is -2.50. The van der Waals surface area contributed by atoms with E-state index in [9.17, 15) is 9.59 Å². The molecule has 0 fully saturated rings. The SMILES string of the molecule is CCNC(=O)[C@H](CC)N(Cc1ccccc1)C(=O)COc1ccccc1OC. The molecule has 0 saturated heterocycles. The van der Waals surface area contributed by atoms with Gasteiger partial charge in [-0.2, -0.15) is 0 Å². The highest BCUT2D eigenvalue weighted by Crippen LogP contribution is 2.26. The van der Waals surface area contributed by atoms with Crippen molar-refractivity contribution in [3.63, 3.8) is 0 Å². The van der Waals surface area contributed by atoms with Crippen LogP contribution in [-0.2, 0) is 16.1 Å². The van der Waals surface area contributed by atoms with Gasteiger partial charge in [-0.1, -0.05) is 49.4 Å². The Balaban J connectivity index is 2.18. The van der Waals surface area contributed by atoms with E-state index >= 15 is 0 Å². The second kappa shape index (κ2) is 11.0. The summed E-state index contributed by atoms with van der Waals surface area (Å²) in [7, 11) is 1.55. The molecule has 0 aliphatic carbocycles. The Hall–Kier alpha value is -3.02. The van der Waals surface area contributed by atoms with Crippen molar-refractivity contribution < 1.29 is 19.1 Å². The fraction of sp³-hybridized carbons (Fsp3) is 0.364. The number of amides is 2. The molecule has 6 nitrogen and oxygen atoms in total. The van der Waals surface area contributed by atoms with Gasteiger partial charge in [0.2, 0.25) is 5.91 Å². The van der Waals surface area contributed by atoms with E-state index in [1.165, 1.54) is 0 Å². The van der Waals surface area contributed by atoms with E-state index in [-0.39, 0.29) is 18.4 Å². The molecule has 0 bridgehead atoms. The lowest BCUT2D eigenvalue weighted by atomic mass is 10.1. The van der Waals surface area contributed by atoms with E-state index < -0.39 is 6.04 Å². The topological polar surface area (TPSA) is 67.9 Å². The normalized spacial score (nSPS) is 11.4. The van der Waals surface area contributed by atoms with Gasteiger partial charge >= 0.3 is 0 Å². The Morgan fingerprint density at radius 2 is 1.64 bits per heavy atom. The minimum Gasteiger partial charge on any atom is -0.493 e. The van der Waals surface area contributed by atoms with Gasteiger partial charge in [0.05, 0.1) is 7.11 Å². The number of para-hydroxylation sites is 2. The van der Waals surface area contributed by atoms with E-state index in [1.54, 1.807) is 24.1 Å². The third kappa shape index (κ3) is 5.74. The molecule has 1 N–H and O–H groups in total. The Morgan fingerprint density at radius 1 is 1.00 bits per heavy atom. The van der Waals surface area contributed by atoms with Crippen LogP contribution >= 0.6 is 0 Å². The van der Waals surface area contributed by atoms with Crippen molar-refractivity contribution >= 4 is 11.8 Å². The van der Waals surface area contributed by atoms with E-state index in [1.807, 2.05) is 56.3 Å². The molecule has 0 aliphatic heterocycles. The van der Waals surface area contributed by atoms with Crippen molar-refractivity contribution in [2.45, 2.75) is 32.9 Å². The van der Waals surface area contributed by atoms with Gasteiger partial charge in [-0.15, -0.1) is 0 Å². The molecule has 6 heteroatoms. The van der Waals surface area contributed by atoms with E-state index in [2.05, 4.69) is 5.32 Å². The first-order chi connectivity index (χ1) is 13.6. The quantitative estimate of drug-likeness (QED) is 0.684. The predicted octanol–water partition coefficient (Wildman–Crippen LogP) is 3.02. The molecule has 0 spiro atoms. The summed E-state index contributed by atoms with van der Waals surface area (Å²) in [4.78, 5) is 27.1. The highest BCUT2D eigenvalue weighted by molar-refractivity contribution is 5.88. The molecule has 2 rings (SSSR count). The number of hydrogen-bond donors (Lipinski definition) is 1. The van der Waals surface area contributed by atoms with Gasteiger partial charge in [0.15, 0.2) is 18.1 Å². The number of nitrogens with one attached hydrogen (secondary N) is 1. The molecule has 1 atom stereocenters. The summed E-state index contributed by atoms with van der Waals surface area (Å²) in [5.41, 5.74) is 0.955. The van der Waals surface area contributed by atoms with Crippen LogP contribution in [0.5, 0.6) is 11.5 Å². The van der Waals surface area contributed by atoms with Crippen LogP contribution in [-0.4, -0.2) is 43.0 Å². The standard InChI is InChI=1S/C22H28N2O4/c1-4-18(22(26)23-5-2)24(15-17-11-7-6-8-12-17)21(25)16-28-20-14-10-9-13-19(20)27-3/h6-14,18H,4-5,15-16H2,1-3H3,(H,23,26)/t18-/m0/s1. The maximum Gasteiger partial charge on any atom is 0.261 e. The number of rotatable bonds is 10. The highest BCUT2D eigenvalue weighted by atomic mass is 16.5. The van der Waals surface area contributed by atoms with Gasteiger partial charge in [0, 0.05) is 13.1 Å². The van der Waals surface area contributed by atoms with E-state index in [0.717, 1.165) is 5.56 Å². The number of carbonyl (C=O) groups is 2. The lowest BCUT2D eigenvalue weighted by Gasteiger charge is -2.30. The van der Waals surface area contributed by atoms with Crippen LogP contribution in [0.15, 0.2) is 54.6 Å². The lowest BCUT2D eigenvalue weighted by molar-refractivity contribution is -0.142. The second-order valence-electron chi connectivity index (χ2n) is 6.27. The fourth-order valence-corrected chi connectivity index (χ4v) is 2.95. The number of methoxy groups -OCH3 is 1. The van der Waals surface area contributed by atoms with Crippen LogP contribution in [0.4, 0.5) is 0 Å². The summed E-state index contributed by atoms with van der Waals surface area (Å²) in [6, 6.07) is 16.2. The van der Waals surface area contributed by atoms with Crippen molar-refractivity contribution in [2.75, 3.05) is 20.3 Å². The maximum absolute atomic E-state index is 13.0. The molecule has 0 aliphatic rings. The Bertz CT molecular complexity index is 764. The summed E-state index contributed by atoms with van der Waals surface area (Å²) < 4.78 is 11.0. The van der Waals surface area contributed by atoms with Gasteiger partial charge in [0.1, 0.15) is 6.04 Å². The Labute approximate surface area is 166 Å². The van der Waals surface area contributed by atoms with Crippen LogP contribution in [0, 0.1) is 0 Å². The van der Waals surface area contributed by atoms with Gasteiger partial charge in [-0.05, 0) is 31.0 Å². The Kier molecular flexibility index (Phi) is 8.34. The number of likely N-dealkylation sites (N-methyl/N-ethyl adjacent to an activating group) is 1. The van der Waals surface area contributed by atoms with Crippen LogP contribution in [0.25, 0.3) is 0 Å². The third-order valence-corrected chi connectivity index (χ3v) is 4.35. The first-order valence-electron chi connectivity index (χ1n) is 9.47. The van der Waals surface area contributed by atoms with Gasteiger partial charge < -0.3 is 19.7 Å². The molecule has 0 heterocycles. The molecular formula is C22H28N2O4. The van der Waals surface area contributed by atoms with Crippen molar-refractivity contribution in [1.29, 1.82) is 0 Å². The highest BCUT2D eigenvalue weighted by Gasteiger charge is 2.28. The third-order valence-electron chi connectivity index (χ3n) is 4.35. The number of carbonyl (C=O) groups excluding carboxylic acids is 2. The number of hydrogen-bond acceptors (Lipinski definition) is 4. The fourth-order valence-electron chi connectivity index (χ4n) is 2.95. The maximum atomic E-state index is 13.0. The number of benzene rings is 2. The zero-order valence-electron chi connectivity index (χ0n) is 16.7. The monoisotopic (exact) mass is 384 g/mol. The summed E-state index contributed by atoms with van der Waals surface area (Å²) in [5, 5.41) is 2.82. The molecular weight excluding hydrogens is 356 g/mol. The number of nitrogens with zero attached hydrogens (tertiary/aromatic N) is 1. The molecule has 0 saturated carbocycles. The molecule has 2 aromatic rings. The largest absolute Gasteiger partial charge is 0.493 e. The van der Waals surface area contributed by atoms with Crippen molar-refractivity contribution in [3.05, 3.63) is 60.2 Å². The van der Waals surface area contributed by atoms with Gasteiger partial charge in [0.25, 0.3) is 5.91 Å². The summed E-state index contributed by atoms with van der Waals surface area (Å²) in [6.07, 6.45) is 0.513. The summed E-state index contributed by atoms with van der Waals surface area (Å²) >= 11 is 0. The van der Waals surface area contributed by atoms with E-state index in [0.29, 0.717) is 31.0 Å². The zero-order chi connectivity index (χ0) is 20.4. The average molecular weight is 384 g/mol. The Morgan fingerprint density at radius 3 is 2.25 bits per heavy atom. The molecule has 0 unspecified atom stereocenters. The molecule has 2 aromatic carbocycles.